The number of cyclic esters (lactones) is 1. The first kappa shape index (κ1) is 24.9. The maximum Gasteiger partial charge on any atom is 0.411 e. The van der Waals surface area contributed by atoms with Gasteiger partial charge in [0.05, 0.1) is 6.54 Å². The van der Waals surface area contributed by atoms with E-state index in [9.17, 15) is 18.8 Å². The molecule has 0 spiro atoms. The van der Waals surface area contributed by atoms with E-state index in [4.69, 9.17) is 4.74 Å². The van der Waals surface area contributed by atoms with Gasteiger partial charge in [0.15, 0.2) is 12.1 Å². The molecule has 3 amide bonds. The van der Waals surface area contributed by atoms with E-state index >= 15 is 0 Å². The average molecular weight is 490 g/mol. The summed E-state index contributed by atoms with van der Waals surface area (Å²) < 4.78 is 19.1. The van der Waals surface area contributed by atoms with Crippen LogP contribution in [-0.2, 0) is 16.1 Å². The van der Waals surface area contributed by atoms with Gasteiger partial charge in [0.1, 0.15) is 5.82 Å². The van der Waals surface area contributed by atoms with E-state index in [-0.39, 0.29) is 30.2 Å². The fourth-order valence-electron chi connectivity index (χ4n) is 4.01. The van der Waals surface area contributed by atoms with Gasteiger partial charge >= 0.3 is 6.09 Å². The van der Waals surface area contributed by atoms with Crippen LogP contribution in [0, 0.1) is 5.82 Å². The molecule has 1 heterocycles. The Morgan fingerprint density at radius 2 is 1.75 bits per heavy atom. The molecule has 0 bridgehead atoms. The van der Waals surface area contributed by atoms with Gasteiger partial charge < -0.3 is 15.4 Å². The number of rotatable bonds is 8. The summed E-state index contributed by atoms with van der Waals surface area (Å²) in [7, 11) is 0. The predicted molar refractivity (Wildman–Crippen MR) is 134 cm³/mol. The number of ether oxygens (including phenoxy) is 1. The van der Waals surface area contributed by atoms with Gasteiger partial charge in [0.2, 0.25) is 5.91 Å². The third-order valence-corrected chi connectivity index (χ3v) is 6.13. The molecule has 1 fully saturated rings. The molecule has 1 aliphatic rings. The molecule has 36 heavy (non-hydrogen) atoms. The van der Waals surface area contributed by atoms with E-state index in [0.29, 0.717) is 22.4 Å². The Hall–Kier alpha value is -4.20. The smallest absolute Gasteiger partial charge is 0.411 e. The number of carbonyl (C=O) groups excluding carboxylic acids is 3. The average Bonchev–Trinajstić information content (AvgIpc) is 3.21. The number of hydrogen-bond donors (Lipinski definition) is 2. The van der Waals surface area contributed by atoms with Crippen molar-refractivity contribution in [2.75, 3.05) is 5.32 Å². The van der Waals surface area contributed by atoms with E-state index < -0.39 is 18.2 Å². The van der Waals surface area contributed by atoms with Crippen LogP contribution in [0.15, 0.2) is 78.9 Å². The zero-order valence-electron chi connectivity index (χ0n) is 20.1. The summed E-state index contributed by atoms with van der Waals surface area (Å²) in [5, 5.41) is 5.79. The summed E-state index contributed by atoms with van der Waals surface area (Å²) in [4.78, 5) is 40.2. The molecule has 8 heteroatoms. The summed E-state index contributed by atoms with van der Waals surface area (Å²) in [6, 6.07) is 20.4. The van der Waals surface area contributed by atoms with Crippen LogP contribution in [0.3, 0.4) is 0 Å². The molecule has 1 aliphatic heterocycles. The molecular weight excluding hydrogens is 461 g/mol. The summed E-state index contributed by atoms with van der Waals surface area (Å²) in [6.07, 6.45) is -0.820. The van der Waals surface area contributed by atoms with Crippen molar-refractivity contribution in [3.05, 3.63) is 101 Å². The van der Waals surface area contributed by atoms with Crippen molar-refractivity contribution >= 4 is 23.6 Å². The van der Waals surface area contributed by atoms with Crippen LogP contribution in [-0.4, -0.2) is 34.9 Å². The van der Waals surface area contributed by atoms with Crippen LogP contribution in [0.2, 0.25) is 0 Å². The predicted octanol–water partition coefficient (Wildman–Crippen LogP) is 5.05. The Kier molecular flexibility index (Phi) is 7.63. The largest absolute Gasteiger partial charge is 0.438 e. The van der Waals surface area contributed by atoms with E-state index in [0.717, 1.165) is 6.42 Å². The first-order valence-corrected chi connectivity index (χ1v) is 11.8. The molecule has 1 saturated heterocycles. The Balaban J connectivity index is 1.61. The Labute approximate surface area is 209 Å². The zero-order chi connectivity index (χ0) is 25.7. The zero-order valence-corrected chi connectivity index (χ0v) is 20.1. The molecule has 186 valence electrons. The molecule has 0 aromatic heterocycles. The normalized spacial score (nSPS) is 17.9. The van der Waals surface area contributed by atoms with Gasteiger partial charge in [-0.25, -0.2) is 9.18 Å². The summed E-state index contributed by atoms with van der Waals surface area (Å²) >= 11 is 0. The quantitative estimate of drug-likeness (QED) is 0.463. The topological polar surface area (TPSA) is 87.7 Å². The van der Waals surface area contributed by atoms with Crippen LogP contribution in [0.1, 0.15) is 47.9 Å². The minimum Gasteiger partial charge on any atom is -0.438 e. The number of carbonyl (C=O) groups is 3. The second-order valence-electron chi connectivity index (χ2n) is 8.77. The second-order valence-corrected chi connectivity index (χ2v) is 8.77. The number of halogens is 1. The van der Waals surface area contributed by atoms with Gasteiger partial charge in [-0.15, -0.1) is 0 Å². The maximum absolute atomic E-state index is 13.4. The van der Waals surface area contributed by atoms with Crippen molar-refractivity contribution in [1.29, 1.82) is 0 Å². The van der Waals surface area contributed by atoms with Crippen molar-refractivity contribution in [3.63, 3.8) is 0 Å². The van der Waals surface area contributed by atoms with E-state index in [1.54, 1.807) is 60.7 Å². The van der Waals surface area contributed by atoms with Crippen molar-refractivity contribution < 1.29 is 23.5 Å². The lowest BCUT2D eigenvalue weighted by Crippen LogP contribution is -2.48. The fourth-order valence-corrected chi connectivity index (χ4v) is 4.01. The van der Waals surface area contributed by atoms with Crippen LogP contribution >= 0.6 is 0 Å². The van der Waals surface area contributed by atoms with Gasteiger partial charge in [-0.3, -0.25) is 14.5 Å². The van der Waals surface area contributed by atoms with E-state index in [1.807, 2.05) is 19.9 Å². The van der Waals surface area contributed by atoms with Crippen LogP contribution in [0.5, 0.6) is 0 Å². The van der Waals surface area contributed by atoms with Gasteiger partial charge in [-0.05, 0) is 60.9 Å². The molecule has 0 aliphatic carbocycles. The molecule has 2 N–H and O–H groups in total. The highest BCUT2D eigenvalue weighted by Crippen LogP contribution is 2.35. The Morgan fingerprint density at radius 1 is 1.03 bits per heavy atom. The van der Waals surface area contributed by atoms with Gasteiger partial charge in [-0.2, -0.15) is 0 Å². The fraction of sp³-hybridized carbons (Fsp3) is 0.250. The second kappa shape index (κ2) is 11.0. The number of anilines is 1. The van der Waals surface area contributed by atoms with Gasteiger partial charge in [0.25, 0.3) is 5.91 Å². The monoisotopic (exact) mass is 489 g/mol. The van der Waals surface area contributed by atoms with Crippen molar-refractivity contribution in [2.24, 2.45) is 0 Å². The van der Waals surface area contributed by atoms with Gasteiger partial charge in [-0.1, -0.05) is 49.4 Å². The van der Waals surface area contributed by atoms with Crippen molar-refractivity contribution in [1.82, 2.24) is 10.2 Å². The van der Waals surface area contributed by atoms with Crippen LogP contribution < -0.4 is 10.6 Å². The summed E-state index contributed by atoms with van der Waals surface area (Å²) in [6.45, 7) is 3.92. The molecule has 3 aromatic carbocycles. The minimum absolute atomic E-state index is 0.0820. The molecule has 0 unspecified atom stereocenters. The highest BCUT2D eigenvalue weighted by atomic mass is 19.1. The lowest BCUT2D eigenvalue weighted by Gasteiger charge is -2.26. The lowest BCUT2D eigenvalue weighted by atomic mass is 9.99. The SMILES string of the molecule is CC[C@H](C)NC(=O)[C@@H]1[C@H](c2cccc(NC(=O)c3ccccc3)c2)OC(=O)N1Cc1ccc(F)cc1. The Bertz CT molecular complexity index is 1230. The van der Waals surface area contributed by atoms with E-state index in [2.05, 4.69) is 10.6 Å². The first-order chi connectivity index (χ1) is 17.4. The highest BCUT2D eigenvalue weighted by Gasteiger charge is 2.47. The number of nitrogens with zero attached hydrogens (tertiary/aromatic N) is 1. The Morgan fingerprint density at radius 3 is 2.44 bits per heavy atom. The summed E-state index contributed by atoms with van der Waals surface area (Å²) in [5.41, 5.74) is 2.25. The highest BCUT2D eigenvalue weighted by molar-refractivity contribution is 6.04. The van der Waals surface area contributed by atoms with Crippen LogP contribution in [0.25, 0.3) is 0 Å². The summed E-state index contributed by atoms with van der Waals surface area (Å²) in [5.74, 6) is -1.01. The maximum atomic E-state index is 13.4. The van der Waals surface area contributed by atoms with E-state index in [1.165, 1.54) is 17.0 Å². The number of nitrogens with one attached hydrogen (secondary N) is 2. The number of benzene rings is 3. The van der Waals surface area contributed by atoms with Crippen molar-refractivity contribution in [2.45, 2.75) is 45.0 Å². The molecule has 7 nitrogen and oxygen atoms in total. The molecule has 0 radical (unpaired) electrons. The molecule has 3 aromatic rings. The lowest BCUT2D eigenvalue weighted by molar-refractivity contribution is -0.127. The third-order valence-electron chi connectivity index (χ3n) is 6.13. The van der Waals surface area contributed by atoms with Crippen LogP contribution in [0.4, 0.5) is 14.9 Å². The van der Waals surface area contributed by atoms with Gasteiger partial charge in [0, 0.05) is 17.3 Å². The molecular formula is C28H28FN3O4. The standard InChI is InChI=1S/C28H28FN3O4/c1-3-18(2)30-27(34)24-25(36-28(35)32(24)17-19-12-14-22(29)15-13-19)21-10-7-11-23(16-21)31-26(33)20-8-5-4-6-9-20/h4-16,18,24-25H,3,17H2,1-2H3,(H,30,34)(H,31,33)/t18-,24-,25-/m0/s1. The molecule has 4 rings (SSSR count). The third kappa shape index (κ3) is 5.71. The number of amides is 3. The molecule has 0 saturated carbocycles. The number of hydrogen-bond acceptors (Lipinski definition) is 4. The molecule has 3 atom stereocenters. The first-order valence-electron chi connectivity index (χ1n) is 11.8. The van der Waals surface area contributed by atoms with Crippen molar-refractivity contribution in [3.8, 4) is 0 Å². The minimum atomic E-state index is -0.948.